The predicted molar refractivity (Wildman–Crippen MR) is 510 cm³/mol. The Bertz CT molecular complexity index is 6810. The third-order valence-corrected chi connectivity index (χ3v) is 30.7. The first-order chi connectivity index (χ1) is 63.1. The molecule has 0 spiro atoms. The summed E-state index contributed by atoms with van der Waals surface area (Å²) in [5, 5.41) is 60.8. The van der Waals surface area contributed by atoms with Crippen LogP contribution in [0.1, 0.15) is 340 Å². The van der Waals surface area contributed by atoms with Crippen molar-refractivity contribution in [3.05, 3.63) is 269 Å². The molecule has 13 aliphatic carbocycles. The van der Waals surface area contributed by atoms with Crippen LogP contribution in [-0.4, -0.2) is 126 Å². The van der Waals surface area contributed by atoms with E-state index in [1.807, 2.05) is 83.1 Å². The number of H-pyrrole nitrogens is 7. The molecule has 0 radical (unpaired) electrons. The van der Waals surface area contributed by atoms with Crippen LogP contribution >= 0.6 is 15.9 Å². The maximum absolute atomic E-state index is 13.2. The van der Waals surface area contributed by atoms with Gasteiger partial charge in [-0.15, -0.1) is 0 Å². The molecule has 1 fully saturated rings. The van der Waals surface area contributed by atoms with Crippen molar-refractivity contribution in [3.63, 3.8) is 0 Å². The number of carbonyl (C=O) groups excluding carboxylic acids is 6. The highest BCUT2D eigenvalue weighted by atomic mass is 79.9. The Labute approximate surface area is 784 Å². The normalized spacial score (nSPS) is 23.9. The van der Waals surface area contributed by atoms with Crippen molar-refractivity contribution in [1.29, 1.82) is 0 Å². The first kappa shape index (κ1) is 90.5. The number of hydrogen-bond acceptors (Lipinski definition) is 18. The molecule has 25 nitrogen and oxygen atoms in total. The summed E-state index contributed by atoms with van der Waals surface area (Å²) in [6, 6.07) is 15.8. The topological polar surface area (TPSA) is 368 Å². The first-order valence-electron chi connectivity index (χ1n) is 47.5. The Morgan fingerprint density at radius 2 is 0.722 bits per heavy atom. The van der Waals surface area contributed by atoms with Crippen molar-refractivity contribution in [1.82, 2.24) is 91.7 Å². The minimum Gasteiger partial charge on any atom is -0.295 e. The van der Waals surface area contributed by atoms with E-state index in [2.05, 4.69) is 205 Å². The number of hydrogen-bond donors (Lipinski definition) is 7. The fraction of sp³-hybridized carbons (Fsp3) is 0.486. The van der Waals surface area contributed by atoms with Crippen molar-refractivity contribution >= 4 is 61.7 Å². The third-order valence-electron chi connectivity index (χ3n) is 30.2. The maximum Gasteiger partial charge on any atom is 0.160 e. The summed E-state index contributed by atoms with van der Waals surface area (Å²) in [6.07, 6.45) is 24.2. The minimum atomic E-state index is -0.160. The molecule has 24 rings (SSSR count). The van der Waals surface area contributed by atoms with Crippen molar-refractivity contribution in [3.8, 4) is 0 Å². The molecule has 0 amide bonds. The number of rotatable bonds is 5. The standard InChI is InChI=1S/C20H20N4O2.C19H20BrN3O.C19H21N3O.C17H20N4O.C17H22N2O.C15H20N2O/c1-10-16-14(22-21-10)7-11-8-20(2,3)9-15(25)17(11)18(16)12-5-4-6-13-19(12)24-26-23-13;1-10-16-14(23-22-10)6-11-7-19(2,3)8-15(24)17(11)18(16)13-5-4-12(20)9-21-13;1-11-16-14(22-21-11)8-13-9-19(2,3)10-15(23)17(13)18(16)12-4-6-20-7-5-12;1-9-14-12(21-19-9)6-10-7-17(2,3)8-13(22)15(10)16(14)11-4-5-18-20-11;1-9-14-12(19-18-9)6-11-7-17(2,3)8-13(20)15(11)16(14)10-4-5-10;1-8-13-9(2)16-17-11(13)5-10-6-15(3,4)7-12(18)14(8)10/h4-6,18H,7-9H2,1-3H3,(H,21,22);4-5,9,18H,6-8H2,1-3H3,(H,22,23);4-7,18H,8-10H2,1-3H3,(H,21,22);4-5,16H,6-8H2,1-3H3,(H,18,20)(H,19,21);10,16H,4-8H2,1-3H3,(H,18,19);8H,5-7H2,1-4H3,(H,16,17). The number of nitrogens with one attached hydrogen (secondary N) is 7. The van der Waals surface area contributed by atoms with Crippen LogP contribution in [-0.2, 0) is 67.3 Å². The summed E-state index contributed by atoms with van der Waals surface area (Å²) in [5.41, 5.74) is 39.7. The maximum atomic E-state index is 13.2. The average Bonchev–Trinajstić information content (AvgIpc) is 1.67. The van der Waals surface area contributed by atoms with Crippen molar-refractivity contribution in [2.75, 3.05) is 0 Å². The first-order valence-corrected chi connectivity index (χ1v) is 48.3. The number of Topliss-reactive ketones (excluding diaryl/α,β-unsaturated/α-hetero) is 6. The molecule has 0 saturated heterocycles. The number of aryl methyl sites for hydroxylation is 6. The van der Waals surface area contributed by atoms with Crippen LogP contribution < -0.4 is 0 Å². The van der Waals surface area contributed by atoms with E-state index < -0.39 is 0 Å². The molecule has 7 N–H and O–H groups in total. The van der Waals surface area contributed by atoms with Gasteiger partial charge in [-0.1, -0.05) is 136 Å². The lowest BCUT2D eigenvalue weighted by molar-refractivity contribution is -0.119. The van der Waals surface area contributed by atoms with E-state index in [0.29, 0.717) is 73.2 Å². The highest BCUT2D eigenvalue weighted by Gasteiger charge is 2.51. The Morgan fingerprint density at radius 1 is 0.361 bits per heavy atom. The molecule has 1 saturated carbocycles. The van der Waals surface area contributed by atoms with Crippen LogP contribution in [0.3, 0.4) is 0 Å². The quantitative estimate of drug-likeness (QED) is 0.0841. The van der Waals surface area contributed by atoms with Gasteiger partial charge in [-0.2, -0.15) is 35.7 Å². The second-order valence-corrected chi connectivity index (χ2v) is 45.9. The molecule has 133 heavy (non-hydrogen) atoms. The molecule has 6 atom stereocenters. The Kier molecular flexibility index (Phi) is 23.0. The van der Waals surface area contributed by atoms with Crippen molar-refractivity contribution in [2.24, 2.45) is 38.4 Å². The van der Waals surface area contributed by atoms with E-state index in [-0.39, 0.29) is 79.4 Å². The molecule has 0 bridgehead atoms. The molecular weight excluding hydrogens is 1730 g/mol. The van der Waals surface area contributed by atoms with Crippen LogP contribution in [0.25, 0.3) is 11.0 Å². The lowest BCUT2D eigenvalue weighted by Crippen LogP contribution is -2.32. The van der Waals surface area contributed by atoms with Gasteiger partial charge >= 0.3 is 0 Å². The zero-order valence-electron chi connectivity index (χ0n) is 80.3. The van der Waals surface area contributed by atoms with Gasteiger partial charge in [-0.25, -0.2) is 4.63 Å². The van der Waals surface area contributed by atoms with Crippen LogP contribution in [0.4, 0.5) is 0 Å². The highest BCUT2D eigenvalue weighted by molar-refractivity contribution is 9.10. The predicted octanol–water partition coefficient (Wildman–Crippen LogP) is 20.7. The van der Waals surface area contributed by atoms with Gasteiger partial charge in [0.2, 0.25) is 0 Å². The number of benzene rings is 1. The molecule has 10 heterocycles. The van der Waals surface area contributed by atoms with Gasteiger partial charge in [0.05, 0.1) is 51.7 Å². The summed E-state index contributed by atoms with van der Waals surface area (Å²) in [5.74, 6) is 2.75. The monoisotopic (exact) mass is 1850 g/mol. The van der Waals surface area contributed by atoms with Crippen molar-refractivity contribution < 1.29 is 33.4 Å². The van der Waals surface area contributed by atoms with Gasteiger partial charge in [-0.3, -0.25) is 74.4 Å². The number of pyridine rings is 2. The number of fused-ring (bicyclic) bond motifs is 7. The van der Waals surface area contributed by atoms with E-state index in [0.717, 1.165) is 211 Å². The molecule has 690 valence electrons. The summed E-state index contributed by atoms with van der Waals surface area (Å²) < 4.78 is 5.91. The number of ketones is 6. The smallest absolute Gasteiger partial charge is 0.160 e. The number of carbonyl (C=O) groups is 6. The van der Waals surface area contributed by atoms with Gasteiger partial charge in [-0.05, 0) is 205 Å². The fourth-order valence-corrected chi connectivity index (χ4v) is 25.4. The van der Waals surface area contributed by atoms with Gasteiger partial charge in [0.15, 0.2) is 34.7 Å². The number of nitrogens with zero attached hydrogens (tertiary/aromatic N) is 11. The summed E-state index contributed by atoms with van der Waals surface area (Å²) in [7, 11) is 0. The van der Waals surface area contributed by atoms with E-state index in [4.69, 9.17) is 4.63 Å². The summed E-state index contributed by atoms with van der Waals surface area (Å²) >= 11 is 3.44. The van der Waals surface area contributed by atoms with Crippen molar-refractivity contribution in [2.45, 2.75) is 295 Å². The second kappa shape index (κ2) is 33.7. The van der Waals surface area contributed by atoms with Crippen LogP contribution in [0.2, 0.25) is 0 Å². The molecule has 6 unspecified atom stereocenters. The van der Waals surface area contributed by atoms with Gasteiger partial charge in [0.1, 0.15) is 11.0 Å². The van der Waals surface area contributed by atoms with Crippen LogP contribution in [0.15, 0.2) is 149 Å². The Morgan fingerprint density at radius 3 is 1.15 bits per heavy atom. The number of aromatic nitrogens is 18. The van der Waals surface area contributed by atoms with E-state index in [9.17, 15) is 28.8 Å². The molecule has 26 heteroatoms. The van der Waals surface area contributed by atoms with Crippen LogP contribution in [0, 0.1) is 80.0 Å². The zero-order valence-corrected chi connectivity index (χ0v) is 81.9. The lowest BCUT2D eigenvalue weighted by atomic mass is 9.65. The second-order valence-electron chi connectivity index (χ2n) is 45.0. The Balaban J connectivity index is 0.000000103. The summed E-state index contributed by atoms with van der Waals surface area (Å²) in [4.78, 5) is 85.9. The number of allylic oxidation sites excluding steroid dienone is 12. The largest absolute Gasteiger partial charge is 0.295 e. The van der Waals surface area contributed by atoms with Gasteiger partial charge < -0.3 is 0 Å². The molecule has 13 aliphatic rings. The molecule has 1 aromatic carbocycles. The third kappa shape index (κ3) is 17.1. The van der Waals surface area contributed by atoms with Crippen LogP contribution in [0.5, 0.6) is 0 Å². The van der Waals surface area contributed by atoms with E-state index in [1.54, 1.807) is 24.8 Å². The minimum absolute atomic E-state index is 0.000833. The number of aromatic amines is 7. The van der Waals surface area contributed by atoms with Gasteiger partial charge in [0, 0.05) is 237 Å². The lowest BCUT2D eigenvalue weighted by Gasteiger charge is -2.38. The molecule has 10 aromatic heterocycles. The molecular formula is C107H123BrN18O7. The fourth-order valence-electron chi connectivity index (χ4n) is 25.2. The van der Waals surface area contributed by atoms with E-state index >= 15 is 0 Å². The zero-order chi connectivity index (χ0) is 93.9. The number of halogens is 1. The SMILES string of the molecule is Cc1[nH]nc2c1C(C)C1=C(C2)CC(C)(C)CC1=O.Cc1[nH]nc2c1C(C1CC1)C1=C(C2)CC(C)(C)CC1=O.Cc1[nH]nc2c1C(c1ccc(Br)cn1)C1=C(C2)CC(C)(C)CC1=O.Cc1[nH]nc2c1C(c1cccc3nonc13)C1=C(C2)CC(C)(C)CC1=O.Cc1[nH]nc2c1C(c1ccn[nH]1)C1=C(C2)CC(C)(C)CC1=O.Cc1[nH]nc2c1C(c1ccncc1)C1=C(C2)CC(C)(C)CC1=O. The van der Waals surface area contributed by atoms with Gasteiger partial charge in [0.25, 0.3) is 0 Å². The molecule has 11 aromatic rings. The van der Waals surface area contributed by atoms with E-state index in [1.165, 1.54) is 79.9 Å². The average molecular weight is 1850 g/mol. The summed E-state index contributed by atoms with van der Waals surface area (Å²) in [6.45, 7) is 40.6. The highest BCUT2D eigenvalue weighted by Crippen LogP contribution is 2.59. The molecule has 0 aliphatic heterocycles. The Hall–Kier alpha value is -11.7.